The number of hydrogen-bond acceptors (Lipinski definition) is 5. The first-order valence-corrected chi connectivity index (χ1v) is 11.7. The fourth-order valence-electron chi connectivity index (χ4n) is 2.10. The Hall–Kier alpha value is -0.530. The van der Waals surface area contributed by atoms with Crippen molar-refractivity contribution >= 4 is 75.8 Å². The van der Waals surface area contributed by atoms with E-state index in [4.69, 9.17) is 88.7 Å². The molecule has 0 saturated carbocycles. The highest BCUT2D eigenvalue weighted by Crippen LogP contribution is 2.37. The van der Waals surface area contributed by atoms with E-state index >= 15 is 0 Å². The van der Waals surface area contributed by atoms with E-state index in [2.05, 4.69) is 5.16 Å². The maximum absolute atomic E-state index is 6.23. The molecule has 0 saturated heterocycles. The largest absolute Gasteiger partial charge is 0.490 e. The van der Waals surface area contributed by atoms with E-state index in [0.29, 0.717) is 47.8 Å². The molecule has 0 aromatic heterocycles. The van der Waals surface area contributed by atoms with Gasteiger partial charge in [-0.25, -0.2) is 0 Å². The fraction of sp³-hybridized carbons (Fsp3) is 0.450. The quantitative estimate of drug-likeness (QED) is 0.118. The maximum Gasteiger partial charge on any atom is 0.156 e. The Labute approximate surface area is 212 Å². The lowest BCUT2D eigenvalue weighted by molar-refractivity contribution is 0.134. The summed E-state index contributed by atoms with van der Waals surface area (Å²) in [5.74, 6) is 0.932. The number of benzene rings is 1. The predicted molar refractivity (Wildman–Crippen MR) is 131 cm³/mol. The minimum absolute atomic E-state index is 0.129. The Morgan fingerprint density at radius 2 is 1.45 bits per heavy atom. The van der Waals surface area contributed by atoms with E-state index in [-0.39, 0.29) is 22.2 Å². The first-order valence-electron chi connectivity index (χ1n) is 9.38. The second-order valence-electron chi connectivity index (χ2n) is 5.91. The number of unbranched alkanes of at least 4 members (excludes halogenated alkanes) is 2. The van der Waals surface area contributed by atoms with Crippen molar-refractivity contribution in [1.29, 1.82) is 0 Å². The van der Waals surface area contributed by atoms with Crippen molar-refractivity contribution in [2.75, 3.05) is 33.0 Å². The highest BCUT2D eigenvalue weighted by atomic mass is 35.5. The third kappa shape index (κ3) is 15.0. The zero-order valence-corrected chi connectivity index (χ0v) is 21.1. The lowest BCUT2D eigenvalue weighted by atomic mass is 10.2. The van der Waals surface area contributed by atoms with Gasteiger partial charge in [0, 0.05) is 31.4 Å². The molecular weight excluding hydrogens is 531 g/mol. The molecule has 1 aromatic carbocycles. The minimum Gasteiger partial charge on any atom is -0.490 e. The van der Waals surface area contributed by atoms with Crippen molar-refractivity contribution in [2.24, 2.45) is 5.16 Å². The zero-order chi connectivity index (χ0) is 22.9. The van der Waals surface area contributed by atoms with Crippen LogP contribution in [-0.4, -0.2) is 39.2 Å². The van der Waals surface area contributed by atoms with Crippen LogP contribution in [0.4, 0.5) is 0 Å². The zero-order valence-electron chi connectivity index (χ0n) is 16.6. The van der Waals surface area contributed by atoms with Crippen LogP contribution >= 0.6 is 69.6 Å². The predicted octanol–water partition coefficient (Wildman–Crippen LogP) is 7.97. The summed E-state index contributed by atoms with van der Waals surface area (Å²) in [7, 11) is 0. The summed E-state index contributed by atoms with van der Waals surface area (Å²) in [6.45, 7) is 2.17. The standard InChI is InChI=1S/C20H23Cl6NO4/c21-16-13-15(29-11-5-18(23)24)14-17(22)20(16)30-10-3-1-2-8-28-9-4-7-27-31-12-6-19(25)26/h5-7,13-14H,1-4,8-12H2/b27-7+. The highest BCUT2D eigenvalue weighted by molar-refractivity contribution is 6.56. The topological polar surface area (TPSA) is 49.3 Å². The van der Waals surface area contributed by atoms with E-state index in [9.17, 15) is 0 Å². The Bertz CT molecular complexity index is 711. The lowest BCUT2D eigenvalue weighted by Crippen LogP contribution is -2.02. The summed E-state index contributed by atoms with van der Waals surface area (Å²) in [4.78, 5) is 4.92. The van der Waals surface area contributed by atoms with Gasteiger partial charge in [0.05, 0.1) is 23.3 Å². The van der Waals surface area contributed by atoms with Crippen LogP contribution in [-0.2, 0) is 9.57 Å². The Morgan fingerprint density at radius 3 is 2.13 bits per heavy atom. The Kier molecular flexibility index (Phi) is 16.5. The van der Waals surface area contributed by atoms with Gasteiger partial charge in [-0.05, 0) is 31.4 Å². The molecule has 174 valence electrons. The molecule has 0 N–H and O–H groups in total. The normalized spacial score (nSPS) is 10.8. The number of rotatable bonds is 16. The molecule has 0 aliphatic heterocycles. The summed E-state index contributed by atoms with van der Waals surface area (Å²) in [6.07, 6.45) is 8.03. The summed E-state index contributed by atoms with van der Waals surface area (Å²) in [5, 5.41) is 4.49. The molecule has 0 amide bonds. The number of ether oxygens (including phenoxy) is 3. The fourth-order valence-corrected chi connectivity index (χ4v) is 2.93. The van der Waals surface area contributed by atoms with Crippen molar-refractivity contribution in [3.8, 4) is 11.5 Å². The van der Waals surface area contributed by atoms with E-state index in [0.717, 1.165) is 19.3 Å². The Morgan fingerprint density at radius 1 is 0.806 bits per heavy atom. The minimum atomic E-state index is 0.129. The Balaban J connectivity index is 2.11. The summed E-state index contributed by atoms with van der Waals surface area (Å²) in [6, 6.07) is 3.26. The van der Waals surface area contributed by atoms with Crippen LogP contribution < -0.4 is 9.47 Å². The van der Waals surface area contributed by atoms with Gasteiger partial charge in [0.2, 0.25) is 0 Å². The van der Waals surface area contributed by atoms with Crippen molar-refractivity contribution in [3.63, 3.8) is 0 Å². The molecule has 0 radical (unpaired) electrons. The van der Waals surface area contributed by atoms with Crippen LogP contribution in [0.1, 0.15) is 25.7 Å². The van der Waals surface area contributed by atoms with Crippen LogP contribution in [0.2, 0.25) is 10.0 Å². The van der Waals surface area contributed by atoms with Crippen molar-refractivity contribution in [2.45, 2.75) is 25.7 Å². The molecule has 31 heavy (non-hydrogen) atoms. The molecule has 0 heterocycles. The van der Waals surface area contributed by atoms with Crippen LogP contribution in [0.5, 0.6) is 11.5 Å². The SMILES string of the molecule is ClC(Cl)=CCO/N=C/CCOCCCCCOc1c(Cl)cc(OCC=C(Cl)Cl)cc1Cl. The number of nitrogens with zero attached hydrogens (tertiary/aromatic N) is 1. The molecule has 0 aliphatic rings. The highest BCUT2D eigenvalue weighted by Gasteiger charge is 2.10. The smallest absolute Gasteiger partial charge is 0.156 e. The average Bonchev–Trinajstić information content (AvgIpc) is 2.69. The molecule has 1 aromatic rings. The van der Waals surface area contributed by atoms with Gasteiger partial charge in [-0.15, -0.1) is 0 Å². The second-order valence-corrected chi connectivity index (χ2v) is 8.74. The van der Waals surface area contributed by atoms with Gasteiger partial charge < -0.3 is 19.0 Å². The summed E-state index contributed by atoms with van der Waals surface area (Å²) < 4.78 is 17.0. The monoisotopic (exact) mass is 551 g/mol. The molecule has 0 bridgehead atoms. The van der Waals surface area contributed by atoms with Gasteiger partial charge in [0.1, 0.15) is 27.9 Å². The molecule has 0 unspecified atom stereocenters. The number of halogens is 6. The van der Waals surface area contributed by atoms with Gasteiger partial charge in [-0.3, -0.25) is 0 Å². The molecule has 0 spiro atoms. The third-order valence-electron chi connectivity index (χ3n) is 3.49. The van der Waals surface area contributed by atoms with Gasteiger partial charge in [-0.2, -0.15) is 0 Å². The van der Waals surface area contributed by atoms with E-state index in [1.54, 1.807) is 18.3 Å². The third-order valence-corrected chi connectivity index (χ3v) is 4.67. The first kappa shape index (κ1) is 28.5. The molecule has 1 rings (SSSR count). The van der Waals surface area contributed by atoms with Crippen LogP contribution in [0.15, 0.2) is 38.4 Å². The van der Waals surface area contributed by atoms with E-state index < -0.39 is 0 Å². The van der Waals surface area contributed by atoms with Gasteiger partial charge >= 0.3 is 0 Å². The van der Waals surface area contributed by atoms with Crippen LogP contribution in [0.3, 0.4) is 0 Å². The summed E-state index contributed by atoms with van der Waals surface area (Å²) in [5.41, 5.74) is 0. The maximum atomic E-state index is 6.23. The van der Waals surface area contributed by atoms with Crippen molar-refractivity contribution in [1.82, 2.24) is 0 Å². The average molecular weight is 554 g/mol. The van der Waals surface area contributed by atoms with E-state index in [1.807, 2.05) is 0 Å². The van der Waals surface area contributed by atoms with Crippen LogP contribution in [0, 0.1) is 0 Å². The molecular formula is C20H23Cl6NO4. The van der Waals surface area contributed by atoms with Gasteiger partial charge in [-0.1, -0.05) is 74.8 Å². The van der Waals surface area contributed by atoms with Crippen LogP contribution in [0.25, 0.3) is 0 Å². The van der Waals surface area contributed by atoms with Crippen molar-refractivity contribution < 1.29 is 19.0 Å². The first-order chi connectivity index (χ1) is 14.9. The molecule has 0 atom stereocenters. The molecule has 0 aliphatic carbocycles. The second kappa shape index (κ2) is 18.0. The number of oxime groups is 1. The molecule has 5 nitrogen and oxygen atoms in total. The van der Waals surface area contributed by atoms with E-state index in [1.165, 1.54) is 12.2 Å². The number of hydrogen-bond donors (Lipinski definition) is 0. The summed E-state index contributed by atoms with van der Waals surface area (Å²) >= 11 is 34.4. The van der Waals surface area contributed by atoms with Crippen molar-refractivity contribution in [3.05, 3.63) is 43.3 Å². The van der Waals surface area contributed by atoms with Gasteiger partial charge in [0.15, 0.2) is 5.75 Å². The molecule has 0 fully saturated rings. The lowest BCUT2D eigenvalue weighted by Gasteiger charge is -2.12. The van der Waals surface area contributed by atoms with Gasteiger partial charge in [0.25, 0.3) is 0 Å². The molecule has 11 heteroatoms.